The summed E-state index contributed by atoms with van der Waals surface area (Å²) in [5.74, 6) is -1.17. The summed E-state index contributed by atoms with van der Waals surface area (Å²) in [5.41, 5.74) is 0.201. The fraction of sp³-hybridized carbons (Fsp3) is 0.429. The number of carboxylic acid groups (broad SMARTS) is 1. The molecule has 0 amide bonds. The van der Waals surface area contributed by atoms with E-state index in [0.29, 0.717) is 5.56 Å². The first-order valence-electron chi connectivity index (χ1n) is 6.32. The van der Waals surface area contributed by atoms with E-state index in [1.165, 1.54) is 12.1 Å². The number of hydrogen-bond acceptors (Lipinski definition) is 4. The van der Waals surface area contributed by atoms with Gasteiger partial charge in [-0.25, -0.2) is 17.9 Å². The van der Waals surface area contributed by atoms with Gasteiger partial charge < -0.3 is 5.11 Å². The molecule has 2 N–H and O–H groups in total. The van der Waals surface area contributed by atoms with Gasteiger partial charge in [-0.2, -0.15) is 5.26 Å². The molecule has 21 heavy (non-hydrogen) atoms. The van der Waals surface area contributed by atoms with E-state index in [4.69, 9.17) is 10.4 Å². The van der Waals surface area contributed by atoms with Gasteiger partial charge in [0, 0.05) is 13.0 Å². The smallest absolute Gasteiger partial charge is 0.335 e. The molecular formula is C14H18N2O4S. The highest BCUT2D eigenvalue weighted by molar-refractivity contribution is 7.89. The fourth-order valence-corrected chi connectivity index (χ4v) is 3.41. The lowest BCUT2D eigenvalue weighted by atomic mass is 9.93. The lowest BCUT2D eigenvalue weighted by molar-refractivity contribution is 0.0697. The Kier molecular flexibility index (Phi) is 5.47. The summed E-state index contributed by atoms with van der Waals surface area (Å²) < 4.78 is 26.4. The number of rotatable bonds is 7. The van der Waals surface area contributed by atoms with Crippen LogP contribution in [0.15, 0.2) is 24.3 Å². The molecule has 0 spiro atoms. The summed E-state index contributed by atoms with van der Waals surface area (Å²) in [6, 6.07) is 7.94. The van der Waals surface area contributed by atoms with E-state index in [1.54, 1.807) is 26.0 Å². The SMILES string of the molecule is CC(C)(CC#N)CS(=O)(=O)NCc1ccc(C(=O)O)cc1. The van der Waals surface area contributed by atoms with Gasteiger partial charge in [0.25, 0.3) is 0 Å². The molecule has 0 radical (unpaired) electrons. The Bertz CT molecular complexity index is 643. The van der Waals surface area contributed by atoms with Gasteiger partial charge in [-0.3, -0.25) is 0 Å². The monoisotopic (exact) mass is 310 g/mol. The Morgan fingerprint density at radius 1 is 1.33 bits per heavy atom. The highest BCUT2D eigenvalue weighted by Gasteiger charge is 2.25. The second kappa shape index (κ2) is 6.70. The third kappa shape index (κ3) is 5.94. The molecule has 1 aromatic rings. The molecule has 0 unspecified atom stereocenters. The first-order chi connectivity index (χ1) is 9.65. The Morgan fingerprint density at radius 3 is 2.38 bits per heavy atom. The number of aromatic carboxylic acids is 1. The van der Waals surface area contributed by atoms with E-state index < -0.39 is 21.4 Å². The number of nitrogens with zero attached hydrogens (tertiary/aromatic N) is 1. The minimum Gasteiger partial charge on any atom is -0.478 e. The van der Waals surface area contributed by atoms with Gasteiger partial charge in [0.1, 0.15) is 0 Å². The second-order valence-electron chi connectivity index (χ2n) is 5.58. The summed E-state index contributed by atoms with van der Waals surface area (Å²) in [6.07, 6.45) is 0.154. The summed E-state index contributed by atoms with van der Waals surface area (Å²) in [5, 5.41) is 17.4. The van der Waals surface area contributed by atoms with Crippen LogP contribution in [0.3, 0.4) is 0 Å². The predicted octanol–water partition coefficient (Wildman–Crippen LogP) is 1.74. The van der Waals surface area contributed by atoms with Crippen LogP contribution in [-0.2, 0) is 16.6 Å². The second-order valence-corrected chi connectivity index (χ2v) is 7.39. The van der Waals surface area contributed by atoms with Gasteiger partial charge in [0.05, 0.1) is 17.4 Å². The Labute approximate surface area is 124 Å². The zero-order valence-corrected chi connectivity index (χ0v) is 12.8. The Balaban J connectivity index is 2.65. The van der Waals surface area contributed by atoms with Crippen molar-refractivity contribution in [3.05, 3.63) is 35.4 Å². The molecule has 0 saturated carbocycles. The number of nitrogens with one attached hydrogen (secondary N) is 1. The van der Waals surface area contributed by atoms with Crippen molar-refractivity contribution in [1.82, 2.24) is 4.72 Å². The normalized spacial score (nSPS) is 11.9. The number of nitriles is 1. The Hall–Kier alpha value is -1.91. The van der Waals surface area contributed by atoms with Gasteiger partial charge in [-0.05, 0) is 23.1 Å². The molecule has 0 heterocycles. The van der Waals surface area contributed by atoms with Crippen molar-refractivity contribution in [2.75, 3.05) is 5.75 Å². The van der Waals surface area contributed by atoms with Crippen molar-refractivity contribution < 1.29 is 18.3 Å². The van der Waals surface area contributed by atoms with Crippen LogP contribution in [0.2, 0.25) is 0 Å². The lowest BCUT2D eigenvalue weighted by Crippen LogP contribution is -2.33. The van der Waals surface area contributed by atoms with E-state index in [0.717, 1.165) is 0 Å². The highest BCUT2D eigenvalue weighted by atomic mass is 32.2. The average molecular weight is 310 g/mol. The van der Waals surface area contributed by atoms with Crippen LogP contribution in [-0.4, -0.2) is 25.2 Å². The van der Waals surface area contributed by atoms with Gasteiger partial charge >= 0.3 is 5.97 Å². The van der Waals surface area contributed by atoms with Crippen LogP contribution in [0.4, 0.5) is 0 Å². The van der Waals surface area contributed by atoms with Crippen LogP contribution in [0.25, 0.3) is 0 Å². The average Bonchev–Trinajstić information content (AvgIpc) is 2.35. The molecule has 0 aliphatic carbocycles. The predicted molar refractivity (Wildman–Crippen MR) is 78.0 cm³/mol. The molecule has 0 aromatic heterocycles. The number of carboxylic acids is 1. The minimum absolute atomic E-state index is 0.0882. The summed E-state index contributed by atoms with van der Waals surface area (Å²) in [6.45, 7) is 3.53. The van der Waals surface area contributed by atoms with Crippen molar-refractivity contribution in [3.63, 3.8) is 0 Å². The molecule has 7 heteroatoms. The first-order valence-corrected chi connectivity index (χ1v) is 7.97. The molecule has 0 fully saturated rings. The minimum atomic E-state index is -3.50. The van der Waals surface area contributed by atoms with Crippen LogP contribution in [0, 0.1) is 16.7 Å². The molecule has 0 bridgehead atoms. The molecule has 0 aliphatic rings. The van der Waals surface area contributed by atoms with E-state index >= 15 is 0 Å². The van der Waals surface area contributed by atoms with E-state index in [-0.39, 0.29) is 24.3 Å². The van der Waals surface area contributed by atoms with Gasteiger partial charge in [0.15, 0.2) is 0 Å². The number of carbonyl (C=O) groups is 1. The number of sulfonamides is 1. The highest BCUT2D eigenvalue weighted by Crippen LogP contribution is 2.21. The topological polar surface area (TPSA) is 107 Å². The van der Waals surface area contributed by atoms with Crippen LogP contribution in [0.1, 0.15) is 36.2 Å². The van der Waals surface area contributed by atoms with Gasteiger partial charge in [-0.1, -0.05) is 26.0 Å². The van der Waals surface area contributed by atoms with Crippen molar-refractivity contribution in [2.45, 2.75) is 26.8 Å². The van der Waals surface area contributed by atoms with Crippen molar-refractivity contribution >= 4 is 16.0 Å². The molecule has 6 nitrogen and oxygen atoms in total. The molecule has 0 atom stereocenters. The third-order valence-corrected chi connectivity index (χ3v) is 4.58. The standard InChI is InChI=1S/C14H18N2O4S/c1-14(2,7-8-15)10-21(19,20)16-9-11-3-5-12(6-4-11)13(17)18/h3-6,16H,7,9-10H2,1-2H3,(H,17,18). The summed E-state index contributed by atoms with van der Waals surface area (Å²) >= 11 is 0. The summed E-state index contributed by atoms with van der Waals surface area (Å²) in [4.78, 5) is 10.7. The Morgan fingerprint density at radius 2 is 1.90 bits per heavy atom. The number of hydrogen-bond donors (Lipinski definition) is 2. The third-order valence-electron chi connectivity index (χ3n) is 2.84. The van der Waals surface area contributed by atoms with E-state index in [2.05, 4.69) is 4.72 Å². The van der Waals surface area contributed by atoms with Crippen molar-refractivity contribution in [2.24, 2.45) is 5.41 Å². The number of benzene rings is 1. The quantitative estimate of drug-likeness (QED) is 0.797. The van der Waals surface area contributed by atoms with Gasteiger partial charge in [0.2, 0.25) is 10.0 Å². The van der Waals surface area contributed by atoms with Gasteiger partial charge in [-0.15, -0.1) is 0 Å². The molecule has 114 valence electrons. The van der Waals surface area contributed by atoms with Crippen LogP contribution < -0.4 is 4.72 Å². The molecule has 1 rings (SSSR count). The van der Waals surface area contributed by atoms with Crippen LogP contribution >= 0.6 is 0 Å². The maximum atomic E-state index is 12.0. The van der Waals surface area contributed by atoms with E-state index in [9.17, 15) is 13.2 Å². The van der Waals surface area contributed by atoms with Crippen molar-refractivity contribution in [1.29, 1.82) is 5.26 Å². The zero-order chi connectivity index (χ0) is 16.1. The summed E-state index contributed by atoms with van der Waals surface area (Å²) in [7, 11) is -3.50. The molecular weight excluding hydrogens is 292 g/mol. The van der Waals surface area contributed by atoms with Crippen LogP contribution in [0.5, 0.6) is 0 Å². The molecule has 0 aliphatic heterocycles. The first kappa shape index (κ1) is 17.1. The lowest BCUT2D eigenvalue weighted by Gasteiger charge is -2.20. The molecule has 0 saturated heterocycles. The fourth-order valence-electron chi connectivity index (χ4n) is 1.79. The maximum absolute atomic E-state index is 12.0. The zero-order valence-electron chi connectivity index (χ0n) is 12.0. The van der Waals surface area contributed by atoms with E-state index in [1.807, 2.05) is 6.07 Å². The maximum Gasteiger partial charge on any atom is 0.335 e. The van der Waals surface area contributed by atoms with Crippen molar-refractivity contribution in [3.8, 4) is 6.07 Å². The largest absolute Gasteiger partial charge is 0.478 e. The molecule has 1 aromatic carbocycles.